The average molecular weight is 630 g/mol. The molecule has 3 aliphatic rings. The molecule has 0 saturated carbocycles. The maximum atomic E-state index is 13.8. The van der Waals surface area contributed by atoms with Crippen molar-refractivity contribution in [1.82, 2.24) is 4.90 Å². The lowest BCUT2D eigenvalue weighted by Crippen LogP contribution is -2.46. The first-order valence-electron chi connectivity index (χ1n) is 16.3. The smallest absolute Gasteiger partial charge is 0.455 e. The van der Waals surface area contributed by atoms with Crippen molar-refractivity contribution in [2.45, 2.75) is 78.1 Å². The molecule has 3 N–H and O–H groups in total. The summed E-state index contributed by atoms with van der Waals surface area (Å²) in [6.07, 6.45) is 5.28. The lowest BCUT2D eigenvalue weighted by atomic mass is 9.58. The first kappa shape index (κ1) is 33.5. The molecule has 0 unspecified atom stereocenters. The van der Waals surface area contributed by atoms with Crippen molar-refractivity contribution in [1.29, 1.82) is 0 Å². The molecule has 0 radical (unpaired) electrons. The van der Waals surface area contributed by atoms with E-state index in [1.165, 1.54) is 4.90 Å². The maximum absolute atomic E-state index is 13.8. The van der Waals surface area contributed by atoms with Gasteiger partial charge in [0.05, 0.1) is 17.9 Å². The van der Waals surface area contributed by atoms with Crippen molar-refractivity contribution in [2.24, 2.45) is 17.8 Å². The minimum Gasteiger partial charge on any atom is -0.507 e. The van der Waals surface area contributed by atoms with Gasteiger partial charge in [-0.1, -0.05) is 36.3 Å². The van der Waals surface area contributed by atoms with Crippen molar-refractivity contribution in [2.75, 3.05) is 13.2 Å². The van der Waals surface area contributed by atoms with Gasteiger partial charge < -0.3 is 24.6 Å². The zero-order valence-electron chi connectivity index (χ0n) is 26.9. The Bertz CT molecular complexity index is 1500. The average Bonchev–Trinajstić information content (AvgIpc) is 3.25. The highest BCUT2D eigenvalue weighted by Gasteiger charge is 2.57. The van der Waals surface area contributed by atoms with Crippen LogP contribution in [0.4, 0.5) is 0 Å². The predicted octanol–water partition coefficient (Wildman–Crippen LogP) is 5.71. The Morgan fingerprint density at radius 2 is 1.76 bits per heavy atom. The Balaban J connectivity index is 1.38. The molecule has 4 atom stereocenters. The van der Waals surface area contributed by atoms with E-state index in [9.17, 15) is 24.5 Å². The summed E-state index contributed by atoms with van der Waals surface area (Å²) in [4.78, 5) is 39.7. The van der Waals surface area contributed by atoms with Crippen LogP contribution in [-0.2, 0) is 19.0 Å². The van der Waals surface area contributed by atoms with E-state index in [4.69, 9.17) is 14.5 Å². The Labute approximate surface area is 271 Å². The molecular weight excluding hydrogens is 585 g/mol. The summed E-state index contributed by atoms with van der Waals surface area (Å²) in [7, 11) is -1.06. The van der Waals surface area contributed by atoms with Crippen molar-refractivity contribution >= 4 is 31.0 Å². The van der Waals surface area contributed by atoms with Gasteiger partial charge in [0.25, 0.3) is 0 Å². The number of imide groups is 1. The second-order valence-electron chi connectivity index (χ2n) is 13.0. The minimum absolute atomic E-state index is 0.0649. The number of carbonyl (C=O) groups is 3. The number of aryl methyl sites for hydroxylation is 2. The van der Waals surface area contributed by atoms with Gasteiger partial charge in [-0.2, -0.15) is 0 Å². The number of carbonyl (C=O) groups excluding carboxylic acids is 2. The van der Waals surface area contributed by atoms with Crippen LogP contribution < -0.4 is 4.74 Å². The number of phenols is 1. The first-order chi connectivity index (χ1) is 22.0. The Hall–Kier alpha value is -3.89. The summed E-state index contributed by atoms with van der Waals surface area (Å²) < 4.78 is 12.4. The van der Waals surface area contributed by atoms with Crippen LogP contribution in [0.5, 0.6) is 11.5 Å². The number of nitrogens with zero attached hydrogens (tertiary/aromatic N) is 1. The molecule has 2 amide bonds. The highest BCUT2D eigenvalue weighted by molar-refractivity contribution is 6.43. The number of phenolic OH excluding ortho intramolecular Hbond substituents is 1. The molecule has 0 aromatic heterocycles. The lowest BCUT2D eigenvalue weighted by Gasteiger charge is -2.43. The second-order valence-corrected chi connectivity index (χ2v) is 13.0. The molecule has 2 fully saturated rings. The van der Waals surface area contributed by atoms with Gasteiger partial charge in [0.15, 0.2) is 0 Å². The maximum Gasteiger partial charge on any atom is 0.455 e. The molecule has 0 bridgehead atoms. The van der Waals surface area contributed by atoms with Crippen LogP contribution in [0.3, 0.4) is 0 Å². The van der Waals surface area contributed by atoms with Gasteiger partial charge in [0.1, 0.15) is 18.1 Å². The van der Waals surface area contributed by atoms with E-state index in [0.717, 1.165) is 33.4 Å². The van der Waals surface area contributed by atoms with Gasteiger partial charge in [0, 0.05) is 13.0 Å². The SMILES string of the molecule is C/C(=C\c1cc(C)c(O)c(C)c1)CC[C@H]1OB(O)C[C@H]2C1=C(COc1ccccc1)C[C@H]1C(=O)N(CCCCCC(=O)O)C(=O)[C@H]12. The summed E-state index contributed by atoms with van der Waals surface area (Å²) in [6, 6.07) is 13.4. The van der Waals surface area contributed by atoms with E-state index in [1.807, 2.05) is 63.2 Å². The molecule has 2 aromatic rings. The van der Waals surface area contributed by atoms with Crippen LogP contribution >= 0.6 is 0 Å². The number of amides is 2. The standard InChI is InChI=1S/C36H44BNO8/c1-22(16-25-17-23(2)34(41)24(3)18-25)13-14-30-32-26(21-45-27-10-6-4-7-11-27)19-28-33(29(32)20-37(44)46-30)36(43)38(35(28)42)15-9-5-8-12-31(39)40/h4,6-7,10-11,16-18,28-30,33,41,44H,5,8-9,12-15,19-21H2,1-3H3,(H,39,40)/b22-16+/t28-,29+,30-,33-/m1/s1. The first-order valence-corrected chi connectivity index (χ1v) is 16.3. The number of carboxylic acids is 1. The number of aromatic hydroxyl groups is 1. The summed E-state index contributed by atoms with van der Waals surface area (Å²) in [5.41, 5.74) is 5.66. The van der Waals surface area contributed by atoms with Gasteiger partial charge in [-0.15, -0.1) is 0 Å². The third-order valence-electron chi connectivity index (χ3n) is 9.56. The van der Waals surface area contributed by atoms with Gasteiger partial charge in [-0.3, -0.25) is 19.3 Å². The number of ether oxygens (including phenoxy) is 1. The van der Waals surface area contributed by atoms with Crippen LogP contribution in [0.15, 0.2) is 59.2 Å². The van der Waals surface area contributed by atoms with Crippen molar-refractivity contribution in [3.63, 3.8) is 0 Å². The highest BCUT2D eigenvalue weighted by Crippen LogP contribution is 2.50. The van der Waals surface area contributed by atoms with Crippen LogP contribution in [0.2, 0.25) is 6.32 Å². The van der Waals surface area contributed by atoms with E-state index in [2.05, 4.69) is 6.08 Å². The minimum atomic E-state index is -1.06. The molecule has 5 rings (SSSR count). The summed E-state index contributed by atoms with van der Waals surface area (Å²) in [5.74, 6) is -1.69. The number of allylic oxidation sites excluding steroid dienone is 1. The number of hydrogen-bond acceptors (Lipinski definition) is 7. The summed E-state index contributed by atoms with van der Waals surface area (Å²) in [6.45, 7) is 6.33. The largest absolute Gasteiger partial charge is 0.507 e. The molecule has 9 nitrogen and oxygen atoms in total. The molecule has 0 spiro atoms. The predicted molar refractivity (Wildman–Crippen MR) is 175 cm³/mol. The summed E-state index contributed by atoms with van der Waals surface area (Å²) >= 11 is 0. The zero-order chi connectivity index (χ0) is 33.0. The van der Waals surface area contributed by atoms with Gasteiger partial charge in [0.2, 0.25) is 11.8 Å². The number of fused-ring (bicyclic) bond motifs is 3. The number of unbranched alkanes of at least 4 members (excludes halogenated alkanes) is 2. The number of benzene rings is 2. The number of para-hydroxylation sites is 1. The topological polar surface area (TPSA) is 134 Å². The molecular formula is C36H44BNO8. The fourth-order valence-corrected chi connectivity index (χ4v) is 7.38. The second kappa shape index (κ2) is 14.7. The Morgan fingerprint density at radius 1 is 1.04 bits per heavy atom. The highest BCUT2D eigenvalue weighted by atomic mass is 16.5. The Kier molecular flexibility index (Phi) is 10.7. The number of carboxylic acid groups (broad SMARTS) is 1. The summed E-state index contributed by atoms with van der Waals surface area (Å²) in [5, 5.41) is 30.0. The van der Waals surface area contributed by atoms with Crippen molar-refractivity contribution in [3.8, 4) is 11.5 Å². The number of rotatable bonds is 13. The quantitative estimate of drug-likeness (QED) is 0.111. The zero-order valence-corrected chi connectivity index (χ0v) is 26.9. The fraction of sp³-hybridized carbons (Fsp3) is 0.472. The molecule has 2 saturated heterocycles. The van der Waals surface area contributed by atoms with E-state index < -0.39 is 31.0 Å². The third-order valence-corrected chi connectivity index (χ3v) is 9.56. The molecule has 46 heavy (non-hydrogen) atoms. The van der Waals surface area contributed by atoms with Crippen LogP contribution in [0.1, 0.15) is 68.6 Å². The van der Waals surface area contributed by atoms with E-state index >= 15 is 0 Å². The molecule has 2 heterocycles. The van der Waals surface area contributed by atoms with Gasteiger partial charge in [-0.05, 0) is 117 Å². The third kappa shape index (κ3) is 7.56. The van der Waals surface area contributed by atoms with Gasteiger partial charge in [-0.25, -0.2) is 0 Å². The van der Waals surface area contributed by atoms with E-state index in [0.29, 0.717) is 50.0 Å². The van der Waals surface area contributed by atoms with Gasteiger partial charge >= 0.3 is 13.1 Å². The van der Waals surface area contributed by atoms with E-state index in [-0.39, 0.29) is 43.6 Å². The number of hydrogen-bond donors (Lipinski definition) is 3. The fourth-order valence-electron chi connectivity index (χ4n) is 7.38. The Morgan fingerprint density at radius 3 is 2.46 bits per heavy atom. The molecule has 1 aliphatic carbocycles. The molecule has 2 aromatic carbocycles. The van der Waals surface area contributed by atoms with Crippen molar-refractivity contribution < 1.29 is 39.0 Å². The van der Waals surface area contributed by atoms with Crippen LogP contribution in [0.25, 0.3) is 6.08 Å². The number of likely N-dealkylation sites (tertiary alicyclic amines) is 1. The normalized spacial score (nSPS) is 23.1. The van der Waals surface area contributed by atoms with E-state index in [1.54, 1.807) is 0 Å². The van der Waals surface area contributed by atoms with Crippen LogP contribution in [0, 0.1) is 31.6 Å². The number of aliphatic carboxylic acids is 1. The molecule has 244 valence electrons. The van der Waals surface area contributed by atoms with Crippen molar-refractivity contribution in [3.05, 3.63) is 75.9 Å². The van der Waals surface area contributed by atoms with Crippen LogP contribution in [-0.4, -0.2) is 64.3 Å². The lowest BCUT2D eigenvalue weighted by molar-refractivity contribution is -0.141. The molecule has 2 aliphatic heterocycles. The molecule has 10 heteroatoms. The monoisotopic (exact) mass is 629 g/mol.